The maximum absolute atomic E-state index is 12.5. The van der Waals surface area contributed by atoms with Crippen LogP contribution in [0.25, 0.3) is 0 Å². The molecule has 0 aliphatic rings. The van der Waals surface area contributed by atoms with Crippen LogP contribution in [-0.4, -0.2) is 22.3 Å². The van der Waals surface area contributed by atoms with Crippen LogP contribution in [0.1, 0.15) is 17.4 Å². The second kappa shape index (κ2) is 3.61. The Morgan fingerprint density at radius 3 is 2.36 bits per heavy atom. The van der Waals surface area contributed by atoms with E-state index in [1.807, 2.05) is 0 Å². The molecule has 1 aromatic rings. The number of alkyl halides is 3. The van der Waals surface area contributed by atoms with Crippen molar-refractivity contribution >= 4 is 0 Å². The Balaban J connectivity index is 3.08. The molecule has 1 atom stereocenters. The molecule has 0 bridgehead atoms. The molecule has 0 aliphatic heterocycles. The lowest BCUT2D eigenvalue weighted by Gasteiger charge is -2.21. The average molecular weight is 207 g/mol. The smallest absolute Gasteiger partial charge is 0.328 e. The van der Waals surface area contributed by atoms with Crippen LogP contribution < -0.4 is 5.73 Å². The van der Waals surface area contributed by atoms with Crippen molar-refractivity contribution in [3.05, 3.63) is 17.7 Å². The second-order valence-electron chi connectivity index (χ2n) is 3.12. The van der Waals surface area contributed by atoms with Crippen molar-refractivity contribution in [2.75, 3.05) is 6.54 Å². The van der Waals surface area contributed by atoms with Crippen LogP contribution in [0.2, 0.25) is 0 Å². The third kappa shape index (κ3) is 1.89. The minimum atomic E-state index is -4.33. The maximum atomic E-state index is 12.5. The zero-order chi connectivity index (χ0) is 10.9. The van der Waals surface area contributed by atoms with E-state index in [0.29, 0.717) is 11.4 Å². The number of hydrogen-bond donors (Lipinski definition) is 1. The highest BCUT2D eigenvalue weighted by Gasteiger charge is 2.40. The quantitative estimate of drug-likeness (QED) is 0.799. The largest absolute Gasteiger partial charge is 0.410 e. The highest BCUT2D eigenvalue weighted by atomic mass is 19.4. The molecule has 14 heavy (non-hydrogen) atoms. The lowest BCUT2D eigenvalue weighted by Crippen LogP contribution is -2.33. The maximum Gasteiger partial charge on any atom is 0.410 e. The van der Waals surface area contributed by atoms with Crippen molar-refractivity contribution in [1.29, 1.82) is 0 Å². The van der Waals surface area contributed by atoms with Gasteiger partial charge in [-0.25, -0.2) is 4.98 Å². The number of rotatable bonds is 2. The fourth-order valence-electron chi connectivity index (χ4n) is 1.23. The van der Waals surface area contributed by atoms with E-state index >= 15 is 0 Å². The zero-order valence-corrected chi connectivity index (χ0v) is 7.97. The van der Waals surface area contributed by atoms with Crippen LogP contribution in [-0.2, 0) is 0 Å². The molecule has 1 heterocycles. The van der Waals surface area contributed by atoms with Crippen LogP contribution in [0, 0.1) is 13.8 Å². The van der Waals surface area contributed by atoms with Gasteiger partial charge >= 0.3 is 6.18 Å². The van der Waals surface area contributed by atoms with Crippen molar-refractivity contribution in [2.24, 2.45) is 5.73 Å². The van der Waals surface area contributed by atoms with Crippen molar-refractivity contribution in [3.8, 4) is 0 Å². The molecule has 0 fully saturated rings. The van der Waals surface area contributed by atoms with Crippen LogP contribution >= 0.6 is 0 Å². The zero-order valence-electron chi connectivity index (χ0n) is 7.97. The van der Waals surface area contributed by atoms with Crippen LogP contribution in [0.4, 0.5) is 13.2 Å². The summed E-state index contributed by atoms with van der Waals surface area (Å²) >= 11 is 0. The molecule has 0 aromatic carbocycles. The van der Waals surface area contributed by atoms with E-state index in [1.165, 1.54) is 6.33 Å². The summed E-state index contributed by atoms with van der Waals surface area (Å²) in [7, 11) is 0. The molecular weight excluding hydrogens is 195 g/mol. The minimum Gasteiger partial charge on any atom is -0.328 e. The average Bonchev–Trinajstić information content (AvgIpc) is 2.35. The van der Waals surface area contributed by atoms with Gasteiger partial charge in [-0.2, -0.15) is 13.2 Å². The second-order valence-corrected chi connectivity index (χ2v) is 3.12. The lowest BCUT2D eigenvalue weighted by atomic mass is 10.2. The summed E-state index contributed by atoms with van der Waals surface area (Å²) in [5.74, 6) is 0. The molecule has 0 spiro atoms. The summed E-state index contributed by atoms with van der Waals surface area (Å²) in [4.78, 5) is 3.81. The monoisotopic (exact) mass is 207 g/mol. The van der Waals surface area contributed by atoms with E-state index in [9.17, 15) is 13.2 Å². The summed E-state index contributed by atoms with van der Waals surface area (Å²) in [5.41, 5.74) is 6.19. The number of aromatic nitrogens is 2. The third-order valence-electron chi connectivity index (χ3n) is 2.22. The van der Waals surface area contributed by atoms with Gasteiger partial charge in [0.2, 0.25) is 0 Å². The van der Waals surface area contributed by atoms with Crippen molar-refractivity contribution < 1.29 is 13.2 Å². The van der Waals surface area contributed by atoms with Crippen LogP contribution in [0.5, 0.6) is 0 Å². The molecule has 0 saturated carbocycles. The van der Waals surface area contributed by atoms with E-state index in [0.717, 1.165) is 4.57 Å². The fraction of sp³-hybridized carbons (Fsp3) is 0.625. The number of hydrogen-bond acceptors (Lipinski definition) is 2. The fourth-order valence-corrected chi connectivity index (χ4v) is 1.23. The number of nitrogens with zero attached hydrogens (tertiary/aromatic N) is 2. The van der Waals surface area contributed by atoms with Gasteiger partial charge in [-0.05, 0) is 13.8 Å². The first-order valence-electron chi connectivity index (χ1n) is 4.14. The summed E-state index contributed by atoms with van der Waals surface area (Å²) < 4.78 is 38.5. The molecule has 0 amide bonds. The van der Waals surface area contributed by atoms with Gasteiger partial charge < -0.3 is 10.3 Å². The van der Waals surface area contributed by atoms with E-state index in [2.05, 4.69) is 4.98 Å². The first-order valence-corrected chi connectivity index (χ1v) is 4.14. The summed E-state index contributed by atoms with van der Waals surface area (Å²) in [6, 6.07) is -1.68. The van der Waals surface area contributed by atoms with Gasteiger partial charge in [-0.1, -0.05) is 0 Å². The Morgan fingerprint density at radius 2 is 2.07 bits per heavy atom. The first-order chi connectivity index (χ1) is 6.38. The van der Waals surface area contributed by atoms with Crippen molar-refractivity contribution in [2.45, 2.75) is 26.1 Å². The third-order valence-corrected chi connectivity index (χ3v) is 2.22. The van der Waals surface area contributed by atoms with Crippen molar-refractivity contribution in [1.82, 2.24) is 9.55 Å². The summed E-state index contributed by atoms with van der Waals surface area (Å²) in [6.07, 6.45) is -3.15. The van der Waals surface area contributed by atoms with E-state index < -0.39 is 18.8 Å². The van der Waals surface area contributed by atoms with Gasteiger partial charge in [0.1, 0.15) is 6.04 Å². The molecule has 80 valence electrons. The summed E-state index contributed by atoms with van der Waals surface area (Å²) in [6.45, 7) is 2.78. The normalized spacial score (nSPS) is 14.4. The Morgan fingerprint density at radius 1 is 1.50 bits per heavy atom. The van der Waals surface area contributed by atoms with Gasteiger partial charge in [0.15, 0.2) is 0 Å². The van der Waals surface area contributed by atoms with E-state index in [-0.39, 0.29) is 0 Å². The molecule has 2 N–H and O–H groups in total. The Hall–Kier alpha value is -1.04. The van der Waals surface area contributed by atoms with Crippen LogP contribution in [0.15, 0.2) is 6.33 Å². The molecule has 0 saturated heterocycles. The SMILES string of the molecule is Cc1ncn(C(CN)C(F)(F)F)c1C. The van der Waals surface area contributed by atoms with Gasteiger partial charge in [0.25, 0.3) is 0 Å². The number of nitrogens with two attached hydrogens (primary N) is 1. The molecular formula is C8H12F3N3. The van der Waals surface area contributed by atoms with Crippen molar-refractivity contribution in [3.63, 3.8) is 0 Å². The van der Waals surface area contributed by atoms with Gasteiger partial charge in [0, 0.05) is 12.2 Å². The van der Waals surface area contributed by atoms with Gasteiger partial charge in [0.05, 0.1) is 12.0 Å². The van der Waals surface area contributed by atoms with Gasteiger partial charge in [-0.3, -0.25) is 0 Å². The molecule has 1 unspecified atom stereocenters. The molecule has 0 radical (unpaired) electrons. The molecule has 3 nitrogen and oxygen atoms in total. The topological polar surface area (TPSA) is 43.8 Å². The highest BCUT2D eigenvalue weighted by molar-refractivity contribution is 5.10. The van der Waals surface area contributed by atoms with Crippen LogP contribution in [0.3, 0.4) is 0 Å². The molecule has 1 aromatic heterocycles. The molecule has 1 rings (SSSR count). The first kappa shape index (κ1) is 11.0. The number of imidazole rings is 1. The number of aryl methyl sites for hydroxylation is 1. The van der Waals surface area contributed by atoms with E-state index in [4.69, 9.17) is 5.73 Å². The Kier molecular flexibility index (Phi) is 2.84. The predicted molar refractivity (Wildman–Crippen MR) is 45.8 cm³/mol. The predicted octanol–water partition coefficient (Wildman–Crippen LogP) is 1.56. The van der Waals surface area contributed by atoms with E-state index in [1.54, 1.807) is 13.8 Å². The lowest BCUT2D eigenvalue weighted by molar-refractivity contribution is -0.165. The molecule has 6 heteroatoms. The number of halogens is 3. The standard InChI is InChI=1S/C8H12F3N3/c1-5-6(2)14(4-13-5)7(3-12)8(9,10)11/h4,7H,3,12H2,1-2H3. The highest BCUT2D eigenvalue weighted by Crippen LogP contribution is 2.30. The Labute approximate surface area is 79.7 Å². The molecule has 0 aliphatic carbocycles. The van der Waals surface area contributed by atoms with Gasteiger partial charge in [-0.15, -0.1) is 0 Å². The minimum absolute atomic E-state index is 0.472. The Bertz CT molecular complexity index is 316. The summed E-state index contributed by atoms with van der Waals surface area (Å²) in [5, 5.41) is 0.